The number of nitrogens with zero attached hydrogens (tertiary/aromatic N) is 1. The second kappa shape index (κ2) is 5.72. The van der Waals surface area contributed by atoms with E-state index in [2.05, 4.69) is 15.9 Å². The van der Waals surface area contributed by atoms with Crippen molar-refractivity contribution in [2.24, 2.45) is 0 Å². The summed E-state index contributed by atoms with van der Waals surface area (Å²) in [6, 6.07) is 8.70. The summed E-state index contributed by atoms with van der Waals surface area (Å²) in [6.45, 7) is 0. The Morgan fingerprint density at radius 3 is 2.39 bits per heavy atom. The normalized spacial score (nSPS) is 25.3. The Morgan fingerprint density at radius 1 is 1.17 bits per heavy atom. The monoisotopic (exact) mass is 331 g/mol. The second-order valence-electron chi connectivity index (χ2n) is 4.70. The van der Waals surface area contributed by atoms with E-state index in [9.17, 15) is 8.42 Å². The van der Waals surface area contributed by atoms with Gasteiger partial charge >= 0.3 is 0 Å². The highest BCUT2D eigenvalue weighted by Crippen LogP contribution is 2.30. The topological polar surface area (TPSA) is 37.4 Å². The minimum atomic E-state index is -3.37. The van der Waals surface area contributed by atoms with E-state index < -0.39 is 10.0 Å². The van der Waals surface area contributed by atoms with Gasteiger partial charge in [0.2, 0.25) is 10.0 Å². The molecule has 0 spiro atoms. The molecule has 0 aromatic heterocycles. The van der Waals surface area contributed by atoms with Gasteiger partial charge < -0.3 is 0 Å². The zero-order chi connectivity index (χ0) is 13.2. The average molecular weight is 332 g/mol. The van der Waals surface area contributed by atoms with Crippen molar-refractivity contribution in [3.05, 3.63) is 30.3 Å². The molecule has 2 rings (SSSR count). The van der Waals surface area contributed by atoms with Crippen molar-refractivity contribution in [2.75, 3.05) is 7.05 Å². The van der Waals surface area contributed by atoms with Crippen LogP contribution in [-0.4, -0.2) is 30.6 Å². The number of hydrogen-bond acceptors (Lipinski definition) is 2. The van der Waals surface area contributed by atoms with Crippen LogP contribution in [0.2, 0.25) is 0 Å². The minimum Gasteiger partial charge on any atom is -0.207 e. The van der Waals surface area contributed by atoms with Crippen LogP contribution in [-0.2, 0) is 10.0 Å². The molecule has 2 unspecified atom stereocenters. The van der Waals surface area contributed by atoms with Crippen LogP contribution in [0.3, 0.4) is 0 Å². The smallest absolute Gasteiger partial charge is 0.207 e. The van der Waals surface area contributed by atoms with E-state index in [4.69, 9.17) is 0 Å². The quantitative estimate of drug-likeness (QED) is 0.798. The molecule has 0 saturated heterocycles. The van der Waals surface area contributed by atoms with E-state index in [0.29, 0.717) is 4.90 Å². The summed E-state index contributed by atoms with van der Waals surface area (Å²) in [5.74, 6) is 0. The van der Waals surface area contributed by atoms with Crippen molar-refractivity contribution in [2.45, 2.75) is 41.4 Å². The lowest BCUT2D eigenvalue weighted by Crippen LogP contribution is -2.43. The van der Waals surface area contributed by atoms with Crippen LogP contribution >= 0.6 is 15.9 Å². The SMILES string of the molecule is CN(C1CCCCC1Br)S(=O)(=O)c1ccccc1. The van der Waals surface area contributed by atoms with Gasteiger partial charge in [-0.3, -0.25) is 0 Å². The molecule has 1 saturated carbocycles. The molecule has 1 aromatic carbocycles. The van der Waals surface area contributed by atoms with Gasteiger partial charge in [0, 0.05) is 17.9 Å². The maximum absolute atomic E-state index is 12.5. The molecule has 3 nitrogen and oxygen atoms in total. The third-order valence-corrected chi connectivity index (χ3v) is 6.50. The molecular formula is C13H18BrNO2S. The Bertz CT molecular complexity index is 489. The summed E-state index contributed by atoms with van der Waals surface area (Å²) in [6.07, 6.45) is 4.24. The zero-order valence-electron chi connectivity index (χ0n) is 10.4. The standard InChI is InChI=1S/C13H18BrNO2S/c1-15(13-10-6-5-9-12(13)14)18(16,17)11-7-3-2-4-8-11/h2-4,7-8,12-13H,5-6,9-10H2,1H3. The highest BCUT2D eigenvalue weighted by atomic mass is 79.9. The number of sulfonamides is 1. The van der Waals surface area contributed by atoms with Crippen LogP contribution in [0.4, 0.5) is 0 Å². The largest absolute Gasteiger partial charge is 0.243 e. The summed E-state index contributed by atoms with van der Waals surface area (Å²) < 4.78 is 26.5. The lowest BCUT2D eigenvalue weighted by molar-refractivity contribution is 0.297. The predicted octanol–water partition coefficient (Wildman–Crippen LogP) is 3.01. The predicted molar refractivity (Wildman–Crippen MR) is 76.4 cm³/mol. The summed E-state index contributed by atoms with van der Waals surface area (Å²) in [5, 5.41) is 0. The van der Waals surface area contributed by atoms with E-state index in [1.54, 1.807) is 31.3 Å². The Morgan fingerprint density at radius 2 is 1.78 bits per heavy atom. The van der Waals surface area contributed by atoms with E-state index in [0.717, 1.165) is 19.3 Å². The molecule has 0 heterocycles. The van der Waals surface area contributed by atoms with Gasteiger partial charge in [-0.2, -0.15) is 4.31 Å². The fraction of sp³-hybridized carbons (Fsp3) is 0.538. The lowest BCUT2D eigenvalue weighted by Gasteiger charge is -2.34. The first-order valence-electron chi connectivity index (χ1n) is 6.20. The molecule has 0 radical (unpaired) electrons. The molecule has 2 atom stereocenters. The van der Waals surface area contributed by atoms with Gasteiger partial charge in [-0.05, 0) is 25.0 Å². The first kappa shape index (κ1) is 14.0. The molecule has 18 heavy (non-hydrogen) atoms. The van der Waals surface area contributed by atoms with E-state index in [1.807, 2.05) is 6.07 Å². The number of halogens is 1. The molecule has 0 amide bonds. The summed E-state index contributed by atoms with van der Waals surface area (Å²) in [7, 11) is -1.68. The lowest BCUT2D eigenvalue weighted by atomic mass is 9.96. The molecule has 0 bridgehead atoms. The third kappa shape index (κ3) is 2.78. The Kier molecular flexibility index (Phi) is 4.45. The molecule has 100 valence electrons. The third-order valence-electron chi connectivity index (χ3n) is 3.53. The second-order valence-corrected chi connectivity index (χ2v) is 7.88. The summed E-state index contributed by atoms with van der Waals surface area (Å²) >= 11 is 3.61. The van der Waals surface area contributed by atoms with E-state index in [-0.39, 0.29) is 10.9 Å². The van der Waals surface area contributed by atoms with Gasteiger partial charge in [-0.25, -0.2) is 8.42 Å². The maximum Gasteiger partial charge on any atom is 0.243 e. The molecule has 0 aliphatic heterocycles. The van der Waals surface area contributed by atoms with Crippen LogP contribution in [0.15, 0.2) is 35.2 Å². The van der Waals surface area contributed by atoms with Gasteiger partial charge in [0.1, 0.15) is 0 Å². The van der Waals surface area contributed by atoms with Crippen LogP contribution in [0.5, 0.6) is 0 Å². The number of alkyl halides is 1. The van der Waals surface area contributed by atoms with Gasteiger partial charge in [-0.1, -0.05) is 47.0 Å². The molecule has 1 fully saturated rings. The Labute approximate surface area is 117 Å². The van der Waals surface area contributed by atoms with E-state index >= 15 is 0 Å². The van der Waals surface area contributed by atoms with Crippen molar-refractivity contribution >= 4 is 26.0 Å². The summed E-state index contributed by atoms with van der Waals surface area (Å²) in [5.41, 5.74) is 0. The Balaban J connectivity index is 2.25. The Hall–Kier alpha value is -0.390. The first-order chi connectivity index (χ1) is 8.53. The molecule has 1 aromatic rings. The van der Waals surface area contributed by atoms with Crippen molar-refractivity contribution in [3.63, 3.8) is 0 Å². The van der Waals surface area contributed by atoms with Crippen LogP contribution in [0, 0.1) is 0 Å². The molecular weight excluding hydrogens is 314 g/mol. The highest BCUT2D eigenvalue weighted by molar-refractivity contribution is 9.09. The molecule has 1 aliphatic rings. The van der Waals surface area contributed by atoms with Gasteiger partial charge in [0.25, 0.3) is 0 Å². The fourth-order valence-electron chi connectivity index (χ4n) is 2.41. The molecule has 5 heteroatoms. The van der Waals surface area contributed by atoms with Crippen LogP contribution in [0.1, 0.15) is 25.7 Å². The maximum atomic E-state index is 12.5. The zero-order valence-corrected chi connectivity index (χ0v) is 12.8. The van der Waals surface area contributed by atoms with Crippen molar-refractivity contribution < 1.29 is 8.42 Å². The molecule has 0 N–H and O–H groups in total. The number of benzene rings is 1. The van der Waals surface area contributed by atoms with Crippen molar-refractivity contribution in [1.29, 1.82) is 0 Å². The first-order valence-corrected chi connectivity index (χ1v) is 8.56. The average Bonchev–Trinajstić information content (AvgIpc) is 2.39. The fourth-order valence-corrected chi connectivity index (χ4v) is 4.95. The van der Waals surface area contributed by atoms with Crippen molar-refractivity contribution in [3.8, 4) is 0 Å². The van der Waals surface area contributed by atoms with Crippen LogP contribution in [0.25, 0.3) is 0 Å². The van der Waals surface area contributed by atoms with Gasteiger partial charge in [-0.15, -0.1) is 0 Å². The van der Waals surface area contributed by atoms with E-state index in [1.165, 1.54) is 10.7 Å². The number of rotatable bonds is 3. The van der Waals surface area contributed by atoms with Gasteiger partial charge in [0.05, 0.1) is 4.90 Å². The summed E-state index contributed by atoms with van der Waals surface area (Å²) in [4.78, 5) is 0.632. The number of hydrogen-bond donors (Lipinski definition) is 0. The van der Waals surface area contributed by atoms with Crippen LogP contribution < -0.4 is 0 Å². The van der Waals surface area contributed by atoms with Crippen molar-refractivity contribution in [1.82, 2.24) is 4.31 Å². The highest BCUT2D eigenvalue weighted by Gasteiger charge is 2.33. The molecule has 1 aliphatic carbocycles. The van der Waals surface area contributed by atoms with Gasteiger partial charge in [0.15, 0.2) is 0 Å². The minimum absolute atomic E-state index is 0.0592.